The van der Waals surface area contributed by atoms with Crippen molar-refractivity contribution in [3.63, 3.8) is 0 Å². The maximum absolute atomic E-state index is 5.64. The second-order valence-corrected chi connectivity index (χ2v) is 12.7. The summed E-state index contributed by atoms with van der Waals surface area (Å²) < 4.78 is 10.8. The van der Waals surface area contributed by atoms with Gasteiger partial charge >= 0.3 is 0 Å². The van der Waals surface area contributed by atoms with Crippen LogP contribution < -0.4 is 0 Å². The van der Waals surface area contributed by atoms with Crippen LogP contribution in [-0.2, 0) is 9.47 Å². The summed E-state index contributed by atoms with van der Waals surface area (Å²) >= 11 is 0. The zero-order chi connectivity index (χ0) is 15.9. The zero-order valence-electron chi connectivity index (χ0n) is 15.2. The topological polar surface area (TPSA) is 21.8 Å². The van der Waals surface area contributed by atoms with Crippen LogP contribution in [0.15, 0.2) is 0 Å². The fourth-order valence-electron chi connectivity index (χ4n) is 2.41. The number of epoxide rings is 1. The van der Waals surface area contributed by atoms with Crippen LogP contribution in [-0.4, -0.2) is 49.9 Å². The first-order chi connectivity index (χ1) is 9.71. The number of hydrogen-bond acceptors (Lipinski definition) is 2. The van der Waals surface area contributed by atoms with Crippen molar-refractivity contribution in [3.05, 3.63) is 0 Å². The summed E-state index contributed by atoms with van der Waals surface area (Å²) in [4.78, 5) is 0. The second kappa shape index (κ2) is 8.79. The molecule has 1 rings (SSSR count). The molecule has 1 aliphatic rings. The smallest absolute Gasteiger partial charge is 0.104 e. The molecule has 0 N–H and O–H groups in total. The predicted molar refractivity (Wildman–Crippen MR) is 96.8 cm³/mol. The van der Waals surface area contributed by atoms with E-state index in [-0.39, 0.29) is 0 Å². The summed E-state index contributed by atoms with van der Waals surface area (Å²) in [6, 6.07) is 0. The molecule has 0 aromatic heterocycles. The van der Waals surface area contributed by atoms with Crippen molar-refractivity contribution >= 4 is 10.0 Å². The lowest BCUT2D eigenvalue weighted by Gasteiger charge is -2.32. The predicted octanol–water partition coefficient (Wildman–Crippen LogP) is 4.71. The minimum absolute atomic E-state index is 0.411. The molecule has 0 amide bonds. The molecule has 2 unspecified atom stereocenters. The van der Waals surface area contributed by atoms with Gasteiger partial charge in [0.05, 0.1) is 13.2 Å². The molecule has 1 aliphatic heterocycles. The zero-order valence-corrected chi connectivity index (χ0v) is 16.1. The van der Waals surface area contributed by atoms with Gasteiger partial charge in [-0.1, -0.05) is 40.5 Å². The van der Waals surface area contributed by atoms with Crippen LogP contribution in [0.3, 0.4) is 0 Å². The molecule has 0 radical (unpaired) electrons. The Labute approximate surface area is 134 Å². The number of unbranched alkanes of at least 4 members (excludes halogenated alkanes) is 1. The van der Waals surface area contributed by atoms with Gasteiger partial charge in [0, 0.05) is 6.61 Å². The molecule has 128 valence electrons. The van der Waals surface area contributed by atoms with E-state index in [2.05, 4.69) is 40.2 Å². The van der Waals surface area contributed by atoms with Crippen LogP contribution in [0.4, 0.5) is 0 Å². The minimum Gasteiger partial charge on any atom is -0.379 e. The molecule has 2 atom stereocenters. The fraction of sp³-hybridized carbons (Fsp3) is 1.00. The Bertz CT molecular complexity index is 279. The molecule has 0 spiro atoms. The highest BCUT2D eigenvalue weighted by molar-refractivity contribution is 8.32. The van der Waals surface area contributed by atoms with Crippen molar-refractivity contribution in [1.29, 1.82) is 0 Å². The van der Waals surface area contributed by atoms with Crippen molar-refractivity contribution in [3.8, 4) is 0 Å². The molecular formula is C18H38O2S. The Kier molecular flexibility index (Phi) is 8.08. The molecule has 21 heavy (non-hydrogen) atoms. The van der Waals surface area contributed by atoms with Crippen LogP contribution in [0.5, 0.6) is 0 Å². The normalized spacial score (nSPS) is 21.3. The highest BCUT2D eigenvalue weighted by Crippen LogP contribution is 2.41. The Balaban J connectivity index is 2.00. The molecule has 1 saturated heterocycles. The second-order valence-electron chi connectivity index (χ2n) is 8.32. The van der Waals surface area contributed by atoms with Gasteiger partial charge in [0.2, 0.25) is 0 Å². The summed E-state index contributed by atoms with van der Waals surface area (Å²) in [6.07, 6.45) is 10.8. The van der Waals surface area contributed by atoms with Gasteiger partial charge in [-0.15, -0.1) is 0 Å². The Morgan fingerprint density at radius 1 is 1.14 bits per heavy atom. The van der Waals surface area contributed by atoms with Crippen molar-refractivity contribution < 1.29 is 9.47 Å². The van der Waals surface area contributed by atoms with Crippen LogP contribution in [0.1, 0.15) is 53.4 Å². The number of hydrogen-bond donors (Lipinski definition) is 0. The number of rotatable bonds is 11. The summed E-state index contributed by atoms with van der Waals surface area (Å²) in [5, 5.41) is 0. The largest absolute Gasteiger partial charge is 0.379 e. The van der Waals surface area contributed by atoms with Crippen molar-refractivity contribution in [1.82, 2.24) is 0 Å². The highest BCUT2D eigenvalue weighted by atomic mass is 32.3. The first-order valence-electron chi connectivity index (χ1n) is 8.59. The number of ether oxygens (including phenoxy) is 2. The summed E-state index contributed by atoms with van der Waals surface area (Å²) in [5.74, 6) is 3.61. The lowest BCUT2D eigenvalue weighted by Crippen LogP contribution is -2.17. The molecular weight excluding hydrogens is 280 g/mol. The van der Waals surface area contributed by atoms with Gasteiger partial charge in [0.1, 0.15) is 6.10 Å². The SMILES string of the molecule is CC(CCCCS(C)(C)CCCOCC1CO1)C(C)(C)C. The van der Waals surface area contributed by atoms with E-state index in [0.29, 0.717) is 11.5 Å². The van der Waals surface area contributed by atoms with Gasteiger partial charge in [-0.05, 0) is 48.2 Å². The average molecular weight is 319 g/mol. The van der Waals surface area contributed by atoms with Gasteiger partial charge in [-0.25, -0.2) is 10.0 Å². The van der Waals surface area contributed by atoms with Crippen LogP contribution in [0, 0.1) is 11.3 Å². The molecule has 0 aromatic carbocycles. The van der Waals surface area contributed by atoms with E-state index in [1.165, 1.54) is 37.2 Å². The maximum atomic E-state index is 5.64. The van der Waals surface area contributed by atoms with Crippen LogP contribution in [0.2, 0.25) is 0 Å². The van der Waals surface area contributed by atoms with Crippen molar-refractivity contribution in [2.75, 3.05) is 43.8 Å². The molecule has 0 saturated carbocycles. The molecule has 0 aliphatic carbocycles. The van der Waals surface area contributed by atoms with Gasteiger partial charge in [0.25, 0.3) is 0 Å². The highest BCUT2D eigenvalue weighted by Gasteiger charge is 2.22. The van der Waals surface area contributed by atoms with Crippen molar-refractivity contribution in [2.24, 2.45) is 11.3 Å². The molecule has 1 fully saturated rings. The molecule has 0 aromatic rings. The van der Waals surface area contributed by atoms with E-state index < -0.39 is 10.0 Å². The first-order valence-corrected chi connectivity index (χ1v) is 11.4. The fourth-order valence-corrected chi connectivity index (χ4v) is 4.50. The van der Waals surface area contributed by atoms with E-state index in [1.54, 1.807) is 0 Å². The van der Waals surface area contributed by atoms with E-state index in [1.807, 2.05) is 0 Å². The van der Waals surface area contributed by atoms with E-state index in [4.69, 9.17) is 9.47 Å². The Morgan fingerprint density at radius 2 is 1.76 bits per heavy atom. The Morgan fingerprint density at radius 3 is 2.33 bits per heavy atom. The monoisotopic (exact) mass is 318 g/mol. The molecule has 0 bridgehead atoms. The third-order valence-electron chi connectivity index (χ3n) is 4.75. The summed E-state index contributed by atoms with van der Waals surface area (Å²) in [7, 11) is -0.411. The van der Waals surface area contributed by atoms with Crippen LogP contribution in [0.25, 0.3) is 0 Å². The van der Waals surface area contributed by atoms with Gasteiger partial charge in [0.15, 0.2) is 0 Å². The quantitative estimate of drug-likeness (QED) is 0.406. The summed E-state index contributed by atoms with van der Waals surface area (Å²) in [6.45, 7) is 12.1. The van der Waals surface area contributed by atoms with E-state index in [0.717, 1.165) is 25.7 Å². The lowest BCUT2D eigenvalue weighted by molar-refractivity contribution is 0.117. The van der Waals surface area contributed by atoms with E-state index in [9.17, 15) is 0 Å². The molecule has 2 nitrogen and oxygen atoms in total. The van der Waals surface area contributed by atoms with Gasteiger partial charge in [-0.2, -0.15) is 0 Å². The molecule has 3 heteroatoms. The summed E-state index contributed by atoms with van der Waals surface area (Å²) in [5.41, 5.74) is 0.463. The maximum Gasteiger partial charge on any atom is 0.104 e. The third kappa shape index (κ3) is 9.80. The van der Waals surface area contributed by atoms with Crippen molar-refractivity contribution in [2.45, 2.75) is 59.5 Å². The lowest BCUT2D eigenvalue weighted by atomic mass is 9.79. The standard InChI is InChI=1S/C18H38O2S/c1-16(18(2,3)4)10-7-8-12-21(5,6)13-9-11-19-14-17-15-20-17/h16-17H,7-15H2,1-6H3. The Hall–Kier alpha value is 0.270. The third-order valence-corrected chi connectivity index (χ3v) is 7.54. The average Bonchev–Trinajstić information content (AvgIpc) is 3.16. The van der Waals surface area contributed by atoms with Crippen LogP contribution >= 0.6 is 10.0 Å². The van der Waals surface area contributed by atoms with Gasteiger partial charge in [-0.3, -0.25) is 0 Å². The minimum atomic E-state index is -0.411. The van der Waals surface area contributed by atoms with Gasteiger partial charge < -0.3 is 9.47 Å². The molecule has 1 heterocycles. The van der Waals surface area contributed by atoms with E-state index >= 15 is 0 Å². The first kappa shape index (κ1) is 19.3.